The fourth-order valence-electron chi connectivity index (χ4n) is 2.34. The van der Waals surface area contributed by atoms with E-state index in [1.807, 2.05) is 57.4 Å². The molecule has 2 heterocycles. The van der Waals surface area contributed by atoms with Crippen molar-refractivity contribution in [3.8, 4) is 0 Å². The largest absolute Gasteiger partial charge is 0.378 e. The van der Waals surface area contributed by atoms with Crippen molar-refractivity contribution in [3.63, 3.8) is 0 Å². The van der Waals surface area contributed by atoms with Gasteiger partial charge < -0.3 is 20.9 Å². The van der Waals surface area contributed by atoms with E-state index in [2.05, 4.69) is 35.8 Å². The first-order valence-corrected chi connectivity index (χ1v) is 8.69. The van der Waals surface area contributed by atoms with Gasteiger partial charge in [0.15, 0.2) is 16.6 Å². The average molecular weight is 367 g/mol. The molecule has 0 bridgehead atoms. The van der Waals surface area contributed by atoms with E-state index in [0.29, 0.717) is 22.4 Å². The van der Waals surface area contributed by atoms with Crippen molar-refractivity contribution < 1.29 is 0 Å². The molecule has 0 unspecified atom stereocenters. The zero-order valence-electron chi connectivity index (χ0n) is 14.9. The number of fused-ring (bicyclic) bond motifs is 1. The van der Waals surface area contributed by atoms with E-state index in [1.54, 1.807) is 6.20 Å². The maximum Gasteiger partial charge on any atom is 0.182 e. The highest BCUT2D eigenvalue weighted by Gasteiger charge is 2.05. The van der Waals surface area contributed by atoms with Gasteiger partial charge in [0, 0.05) is 32.0 Å². The van der Waals surface area contributed by atoms with Crippen LogP contribution < -0.4 is 20.9 Å². The molecule has 0 atom stereocenters. The zero-order chi connectivity index (χ0) is 18.5. The molecule has 7 nitrogen and oxygen atoms in total. The summed E-state index contributed by atoms with van der Waals surface area (Å²) in [6.07, 6.45) is 1.69. The molecule has 0 aliphatic carbocycles. The third-order valence-electron chi connectivity index (χ3n) is 3.64. The summed E-state index contributed by atoms with van der Waals surface area (Å²) in [7, 11) is 4.02. The number of benzene rings is 1. The van der Waals surface area contributed by atoms with Crippen LogP contribution in [-0.2, 0) is 0 Å². The lowest BCUT2D eigenvalue weighted by Crippen LogP contribution is -2.28. The van der Waals surface area contributed by atoms with E-state index in [1.165, 1.54) is 0 Å². The van der Waals surface area contributed by atoms with E-state index in [-0.39, 0.29) is 0 Å². The lowest BCUT2D eigenvalue weighted by Gasteiger charge is -2.13. The topological polar surface area (TPSA) is 78.0 Å². The minimum absolute atomic E-state index is 0.530. The molecule has 3 aromatic rings. The predicted molar refractivity (Wildman–Crippen MR) is 111 cm³/mol. The summed E-state index contributed by atoms with van der Waals surface area (Å²) in [6.45, 7) is 2.73. The van der Waals surface area contributed by atoms with E-state index in [9.17, 15) is 0 Å². The number of anilines is 4. The predicted octanol–water partition coefficient (Wildman–Crippen LogP) is 3.14. The van der Waals surface area contributed by atoms with E-state index in [4.69, 9.17) is 12.2 Å². The van der Waals surface area contributed by atoms with E-state index >= 15 is 0 Å². The summed E-state index contributed by atoms with van der Waals surface area (Å²) < 4.78 is 0. The maximum absolute atomic E-state index is 5.19. The highest BCUT2D eigenvalue weighted by atomic mass is 32.1. The fraction of sp³-hybridized carbons (Fsp3) is 0.222. The Morgan fingerprint density at radius 2 is 1.77 bits per heavy atom. The Bertz CT molecular complexity index is 909. The minimum atomic E-state index is 0.530. The fourth-order valence-corrected chi connectivity index (χ4v) is 2.59. The lowest BCUT2D eigenvalue weighted by molar-refractivity contribution is 0.978. The molecule has 0 aliphatic heterocycles. The Kier molecular flexibility index (Phi) is 5.43. The molecule has 3 N–H and O–H groups in total. The number of nitrogens with one attached hydrogen (secondary N) is 3. The zero-order valence-corrected chi connectivity index (χ0v) is 15.8. The van der Waals surface area contributed by atoms with Crippen molar-refractivity contribution in [2.75, 3.05) is 36.2 Å². The van der Waals surface area contributed by atoms with Crippen molar-refractivity contribution >= 4 is 51.5 Å². The van der Waals surface area contributed by atoms with Gasteiger partial charge in [-0.2, -0.15) is 0 Å². The number of hydrogen-bond donors (Lipinski definition) is 3. The molecular formula is C18H21N7S. The summed E-state index contributed by atoms with van der Waals surface area (Å²) in [6, 6.07) is 11.8. The van der Waals surface area contributed by atoms with Crippen molar-refractivity contribution in [2.24, 2.45) is 0 Å². The van der Waals surface area contributed by atoms with E-state index < -0.39 is 0 Å². The van der Waals surface area contributed by atoms with Gasteiger partial charge in [0.2, 0.25) is 0 Å². The number of thiocarbonyl (C=S) groups is 1. The van der Waals surface area contributed by atoms with Gasteiger partial charge in [-0.15, -0.1) is 0 Å². The summed E-state index contributed by atoms with van der Waals surface area (Å²) in [5.74, 6) is 1.26. The highest BCUT2D eigenvalue weighted by Crippen LogP contribution is 2.20. The molecule has 0 saturated heterocycles. The molecule has 0 spiro atoms. The van der Waals surface area contributed by atoms with Crippen molar-refractivity contribution in [1.82, 2.24) is 20.3 Å². The van der Waals surface area contributed by atoms with Crippen molar-refractivity contribution in [2.45, 2.75) is 6.92 Å². The number of nitrogens with zero attached hydrogens (tertiary/aromatic N) is 4. The molecule has 3 rings (SSSR count). The van der Waals surface area contributed by atoms with Crippen molar-refractivity contribution in [3.05, 3.63) is 42.6 Å². The summed E-state index contributed by atoms with van der Waals surface area (Å²) >= 11 is 5.19. The second-order valence-corrected chi connectivity index (χ2v) is 6.25. The van der Waals surface area contributed by atoms with Crippen LogP contribution in [0, 0.1) is 0 Å². The van der Waals surface area contributed by atoms with Gasteiger partial charge in [-0.1, -0.05) is 0 Å². The van der Waals surface area contributed by atoms with Crippen LogP contribution >= 0.6 is 12.2 Å². The third-order valence-corrected chi connectivity index (χ3v) is 3.89. The van der Waals surface area contributed by atoms with Crippen LogP contribution in [0.2, 0.25) is 0 Å². The first-order valence-electron chi connectivity index (χ1n) is 8.28. The number of aromatic nitrogens is 3. The van der Waals surface area contributed by atoms with Gasteiger partial charge in [-0.25, -0.2) is 15.0 Å². The van der Waals surface area contributed by atoms with Crippen LogP contribution in [0.15, 0.2) is 42.6 Å². The molecule has 0 amide bonds. The quantitative estimate of drug-likeness (QED) is 0.594. The first kappa shape index (κ1) is 17.8. The average Bonchev–Trinajstić information content (AvgIpc) is 2.62. The van der Waals surface area contributed by atoms with Crippen LogP contribution in [0.5, 0.6) is 0 Å². The molecule has 0 fully saturated rings. The second kappa shape index (κ2) is 7.92. The Morgan fingerprint density at radius 1 is 1.04 bits per heavy atom. The molecule has 8 heteroatoms. The molecule has 0 aliphatic rings. The van der Waals surface area contributed by atoms with Gasteiger partial charge >= 0.3 is 0 Å². The minimum Gasteiger partial charge on any atom is -0.378 e. The Hall–Kier alpha value is -3.00. The maximum atomic E-state index is 5.19. The lowest BCUT2D eigenvalue weighted by atomic mass is 10.2. The van der Waals surface area contributed by atoms with Crippen molar-refractivity contribution in [1.29, 1.82) is 0 Å². The highest BCUT2D eigenvalue weighted by molar-refractivity contribution is 7.80. The number of rotatable bonds is 5. The van der Waals surface area contributed by atoms with E-state index in [0.717, 1.165) is 23.4 Å². The SMILES string of the molecule is CCNC(=S)Nc1ccc2ncc(Nc3ccc(N(C)C)cc3)nc2n1. The second-order valence-electron chi connectivity index (χ2n) is 5.85. The molecule has 2 aromatic heterocycles. The van der Waals surface area contributed by atoms with Crippen LogP contribution in [-0.4, -0.2) is 40.7 Å². The molecular weight excluding hydrogens is 346 g/mol. The van der Waals surface area contributed by atoms with Crippen LogP contribution in [0.4, 0.5) is 23.0 Å². The third kappa shape index (κ3) is 4.34. The normalized spacial score (nSPS) is 10.4. The van der Waals surface area contributed by atoms with Gasteiger partial charge in [-0.05, 0) is 55.5 Å². The summed E-state index contributed by atoms with van der Waals surface area (Å²) in [4.78, 5) is 15.5. The summed E-state index contributed by atoms with van der Waals surface area (Å²) in [5, 5.41) is 9.85. The monoisotopic (exact) mass is 367 g/mol. The molecule has 1 aromatic carbocycles. The van der Waals surface area contributed by atoms with Crippen LogP contribution in [0.1, 0.15) is 6.92 Å². The first-order chi connectivity index (χ1) is 12.5. The Labute approximate surface area is 157 Å². The Balaban J connectivity index is 1.79. The number of hydrogen-bond acceptors (Lipinski definition) is 6. The van der Waals surface area contributed by atoms with Gasteiger partial charge in [-0.3, -0.25) is 0 Å². The van der Waals surface area contributed by atoms with Gasteiger partial charge in [0.1, 0.15) is 11.3 Å². The molecule has 26 heavy (non-hydrogen) atoms. The molecule has 0 saturated carbocycles. The van der Waals surface area contributed by atoms with Gasteiger partial charge in [0.05, 0.1) is 6.20 Å². The van der Waals surface area contributed by atoms with Crippen LogP contribution in [0.3, 0.4) is 0 Å². The number of pyridine rings is 1. The standard InChI is InChI=1S/C18H21N7S/c1-4-19-18(26)24-15-10-9-14-17(22-15)23-16(11-20-14)21-12-5-7-13(8-6-12)25(2)3/h5-11H,4H2,1-3H3,(H3,19,21,22,23,24,26). The Morgan fingerprint density at radius 3 is 2.46 bits per heavy atom. The van der Waals surface area contributed by atoms with Gasteiger partial charge in [0.25, 0.3) is 0 Å². The molecule has 134 valence electrons. The molecule has 0 radical (unpaired) electrons. The summed E-state index contributed by atoms with van der Waals surface area (Å²) in [5.41, 5.74) is 3.34. The van der Waals surface area contributed by atoms with Crippen LogP contribution in [0.25, 0.3) is 11.2 Å². The smallest absolute Gasteiger partial charge is 0.182 e.